The van der Waals surface area contributed by atoms with Crippen molar-refractivity contribution in [1.29, 1.82) is 0 Å². The highest BCUT2D eigenvalue weighted by atomic mass is 32.2. The highest BCUT2D eigenvalue weighted by Crippen LogP contribution is 2.39. The lowest BCUT2D eigenvalue weighted by Crippen LogP contribution is -2.60. The van der Waals surface area contributed by atoms with Crippen LogP contribution in [0.4, 0.5) is 18.9 Å². The average Bonchev–Trinajstić information content (AvgIpc) is 3.40. The van der Waals surface area contributed by atoms with Crippen LogP contribution in [0.15, 0.2) is 46.0 Å². The molecule has 2 fully saturated rings. The minimum Gasteiger partial charge on any atom is -0.395 e. The molecule has 2 aliphatic rings. The molecule has 0 spiro atoms. The van der Waals surface area contributed by atoms with Gasteiger partial charge in [-0.3, -0.25) is 4.90 Å². The summed E-state index contributed by atoms with van der Waals surface area (Å²) in [4.78, 5) is 4.04. The van der Waals surface area contributed by atoms with Crippen LogP contribution in [-0.2, 0) is 20.4 Å². The van der Waals surface area contributed by atoms with E-state index in [-0.39, 0.29) is 41.6 Å². The highest BCUT2D eigenvalue weighted by molar-refractivity contribution is 7.91. The zero-order valence-corrected chi connectivity index (χ0v) is 21.4. The van der Waals surface area contributed by atoms with Crippen molar-refractivity contribution in [1.82, 2.24) is 9.21 Å². The second-order valence-electron chi connectivity index (χ2n) is 9.17. The summed E-state index contributed by atoms with van der Waals surface area (Å²) in [6.45, 7) is 3.19. The third kappa shape index (κ3) is 5.42. The van der Waals surface area contributed by atoms with E-state index in [0.717, 1.165) is 11.3 Å². The zero-order chi connectivity index (χ0) is 26.1. The summed E-state index contributed by atoms with van der Waals surface area (Å²) in [5.41, 5.74) is -2.63. The topological polar surface area (TPSA) is 93.6 Å². The first-order valence-corrected chi connectivity index (χ1v) is 13.9. The summed E-state index contributed by atoms with van der Waals surface area (Å²) < 4.78 is 73.4. The number of piperazine rings is 1. The number of nitrogens with zero attached hydrogens (tertiary/aromatic N) is 3. The number of aliphatic hydroxyl groups is 2. The SMILES string of the molecule is C[C@@](O)(c1ccc(N2CCN(S(=O)(=O)c3cccs3)C[C@H]2CN2CCOC[C@@H]2CO)cc1)C(F)(F)F. The van der Waals surface area contributed by atoms with Gasteiger partial charge in [0.1, 0.15) is 4.21 Å². The van der Waals surface area contributed by atoms with Crippen molar-refractivity contribution in [2.75, 3.05) is 57.4 Å². The van der Waals surface area contributed by atoms with E-state index in [4.69, 9.17) is 4.74 Å². The molecule has 36 heavy (non-hydrogen) atoms. The molecule has 2 aromatic rings. The predicted molar refractivity (Wildman–Crippen MR) is 130 cm³/mol. The number of aliphatic hydroxyl groups excluding tert-OH is 1. The fourth-order valence-electron chi connectivity index (χ4n) is 4.59. The molecule has 3 heterocycles. The number of benzene rings is 1. The van der Waals surface area contributed by atoms with Crippen molar-refractivity contribution in [2.24, 2.45) is 0 Å². The lowest BCUT2D eigenvalue weighted by molar-refractivity contribution is -0.258. The van der Waals surface area contributed by atoms with Gasteiger partial charge in [0, 0.05) is 38.4 Å². The lowest BCUT2D eigenvalue weighted by atomic mass is 9.95. The summed E-state index contributed by atoms with van der Waals surface area (Å²) in [7, 11) is -3.69. The molecule has 0 radical (unpaired) electrons. The summed E-state index contributed by atoms with van der Waals surface area (Å²) in [5.74, 6) is 0. The number of thiophene rings is 1. The Morgan fingerprint density at radius 2 is 1.83 bits per heavy atom. The standard InChI is InChI=1S/C23H30F3N3O5S2/c1-22(31,23(24,25)26)17-4-6-18(7-5-17)29-9-8-28(36(32,33)21-3-2-12-35-21)14-19(29)13-27-10-11-34-16-20(27)15-30/h2-7,12,19-20,30-31H,8-11,13-16H2,1H3/t19-,20+,22-/m1/s1. The average molecular weight is 550 g/mol. The Morgan fingerprint density at radius 1 is 1.11 bits per heavy atom. The lowest BCUT2D eigenvalue weighted by Gasteiger charge is -2.45. The Kier molecular flexibility index (Phi) is 8.01. The molecule has 0 amide bonds. The second kappa shape index (κ2) is 10.6. The normalized spacial score (nSPS) is 24.6. The van der Waals surface area contributed by atoms with Gasteiger partial charge in [-0.05, 0) is 36.1 Å². The number of hydrogen-bond donors (Lipinski definition) is 2. The first-order chi connectivity index (χ1) is 16.9. The molecule has 2 aliphatic heterocycles. The molecule has 2 N–H and O–H groups in total. The summed E-state index contributed by atoms with van der Waals surface area (Å²) in [6.07, 6.45) is -4.82. The Labute approximate surface area is 212 Å². The number of sulfonamides is 1. The van der Waals surface area contributed by atoms with Gasteiger partial charge in [-0.15, -0.1) is 11.3 Å². The van der Waals surface area contributed by atoms with Crippen LogP contribution in [0.3, 0.4) is 0 Å². The number of anilines is 1. The first-order valence-electron chi connectivity index (χ1n) is 11.6. The maximum atomic E-state index is 13.3. The Morgan fingerprint density at radius 3 is 2.44 bits per heavy atom. The molecule has 1 aromatic carbocycles. The summed E-state index contributed by atoms with van der Waals surface area (Å²) in [5, 5.41) is 21.5. The molecule has 0 unspecified atom stereocenters. The number of ether oxygens (including phenoxy) is 1. The van der Waals surface area contributed by atoms with Crippen molar-refractivity contribution in [2.45, 2.75) is 35.0 Å². The molecule has 2 saturated heterocycles. The van der Waals surface area contributed by atoms with Gasteiger partial charge >= 0.3 is 6.18 Å². The van der Waals surface area contributed by atoms with E-state index in [1.165, 1.54) is 28.6 Å². The largest absolute Gasteiger partial charge is 0.421 e. The monoisotopic (exact) mass is 549 g/mol. The Bertz CT molecular complexity index is 1110. The third-order valence-electron chi connectivity index (χ3n) is 6.85. The maximum Gasteiger partial charge on any atom is 0.421 e. The molecule has 8 nitrogen and oxygen atoms in total. The van der Waals surface area contributed by atoms with Gasteiger partial charge in [-0.25, -0.2) is 8.42 Å². The Hall–Kier alpha value is -1.74. The van der Waals surface area contributed by atoms with Crippen molar-refractivity contribution >= 4 is 27.0 Å². The molecular weight excluding hydrogens is 519 g/mol. The van der Waals surface area contributed by atoms with Crippen LogP contribution in [0.2, 0.25) is 0 Å². The van der Waals surface area contributed by atoms with Crippen molar-refractivity contribution in [3.8, 4) is 0 Å². The van der Waals surface area contributed by atoms with E-state index in [1.807, 2.05) is 4.90 Å². The molecule has 1 aromatic heterocycles. The fourth-order valence-corrected chi connectivity index (χ4v) is 7.20. The van der Waals surface area contributed by atoms with Gasteiger partial charge in [0.2, 0.25) is 0 Å². The minimum atomic E-state index is -4.82. The van der Waals surface area contributed by atoms with Crippen LogP contribution in [0.1, 0.15) is 12.5 Å². The van der Waals surface area contributed by atoms with Crippen molar-refractivity contribution in [3.05, 3.63) is 47.3 Å². The number of morpholine rings is 1. The van der Waals surface area contributed by atoms with Gasteiger partial charge in [0.25, 0.3) is 10.0 Å². The molecule has 13 heteroatoms. The van der Waals surface area contributed by atoms with Crippen molar-refractivity contribution < 1.29 is 36.5 Å². The van der Waals surface area contributed by atoms with Crippen LogP contribution in [0.25, 0.3) is 0 Å². The van der Waals surface area contributed by atoms with Gasteiger partial charge in [-0.1, -0.05) is 18.2 Å². The third-order valence-corrected chi connectivity index (χ3v) is 10.1. The predicted octanol–water partition coefficient (Wildman–Crippen LogP) is 2.09. The molecule has 0 bridgehead atoms. The number of hydrogen-bond acceptors (Lipinski definition) is 8. The van der Waals surface area contributed by atoms with Gasteiger partial charge in [0.15, 0.2) is 5.60 Å². The molecule has 200 valence electrons. The number of alkyl halides is 3. The van der Waals surface area contributed by atoms with Crippen LogP contribution >= 0.6 is 11.3 Å². The van der Waals surface area contributed by atoms with Gasteiger partial charge in [-0.2, -0.15) is 17.5 Å². The van der Waals surface area contributed by atoms with Crippen LogP contribution in [-0.4, -0.2) is 98.6 Å². The minimum absolute atomic E-state index is 0.106. The fraction of sp³-hybridized carbons (Fsp3) is 0.565. The maximum absolute atomic E-state index is 13.3. The molecular formula is C23H30F3N3O5S2. The zero-order valence-electron chi connectivity index (χ0n) is 19.8. The smallest absolute Gasteiger partial charge is 0.395 e. The van der Waals surface area contributed by atoms with Gasteiger partial charge in [0.05, 0.1) is 31.9 Å². The molecule has 0 aliphatic carbocycles. The first kappa shape index (κ1) is 27.3. The van der Waals surface area contributed by atoms with E-state index >= 15 is 0 Å². The quantitative estimate of drug-likeness (QED) is 0.547. The van der Waals surface area contributed by atoms with Gasteiger partial charge < -0.3 is 19.8 Å². The summed E-state index contributed by atoms with van der Waals surface area (Å²) >= 11 is 1.15. The number of rotatable bonds is 7. The molecule has 3 atom stereocenters. The number of halogens is 3. The molecule has 4 rings (SSSR count). The van der Waals surface area contributed by atoms with E-state index in [0.29, 0.717) is 45.5 Å². The molecule has 0 saturated carbocycles. The highest BCUT2D eigenvalue weighted by Gasteiger charge is 2.51. The second-order valence-corrected chi connectivity index (χ2v) is 12.3. The van der Waals surface area contributed by atoms with Crippen LogP contribution in [0.5, 0.6) is 0 Å². The Balaban J connectivity index is 1.61. The van der Waals surface area contributed by atoms with E-state index in [2.05, 4.69) is 4.90 Å². The van der Waals surface area contributed by atoms with E-state index < -0.39 is 21.8 Å². The van der Waals surface area contributed by atoms with Crippen LogP contribution in [0, 0.1) is 0 Å². The summed E-state index contributed by atoms with van der Waals surface area (Å²) in [6, 6.07) is 8.24. The van der Waals surface area contributed by atoms with Crippen LogP contribution < -0.4 is 4.90 Å². The van der Waals surface area contributed by atoms with Crippen molar-refractivity contribution in [3.63, 3.8) is 0 Å². The van der Waals surface area contributed by atoms with E-state index in [9.17, 15) is 31.8 Å². The van der Waals surface area contributed by atoms with E-state index in [1.54, 1.807) is 17.5 Å².